The van der Waals surface area contributed by atoms with Crippen LogP contribution in [0.1, 0.15) is 16.3 Å². The third-order valence-electron chi connectivity index (χ3n) is 2.68. The Morgan fingerprint density at radius 1 is 1.47 bits per heavy atom. The summed E-state index contributed by atoms with van der Waals surface area (Å²) >= 11 is 0. The van der Waals surface area contributed by atoms with Crippen LogP contribution in [0.15, 0.2) is 12.3 Å². The Balaban J connectivity index is 1.89. The van der Waals surface area contributed by atoms with Crippen LogP contribution in [0.2, 0.25) is 0 Å². The van der Waals surface area contributed by atoms with E-state index in [1.165, 1.54) is 12.3 Å². The normalized spacial score (nSPS) is 16.9. The van der Waals surface area contributed by atoms with Gasteiger partial charge >= 0.3 is 5.97 Å². The minimum atomic E-state index is -1.01. The van der Waals surface area contributed by atoms with E-state index < -0.39 is 5.97 Å². The molecule has 0 amide bonds. The molecule has 0 aliphatic carbocycles. The van der Waals surface area contributed by atoms with E-state index in [2.05, 4.69) is 14.9 Å². The maximum Gasteiger partial charge on any atom is 0.354 e. The molecule has 2 heterocycles. The quantitative estimate of drug-likeness (QED) is 0.797. The molecule has 1 aromatic heterocycles. The summed E-state index contributed by atoms with van der Waals surface area (Å²) in [5.74, 6) is -0.434. The largest absolute Gasteiger partial charge is 0.477 e. The number of nitrogens with zero attached hydrogens (tertiary/aromatic N) is 3. The molecule has 1 fully saturated rings. The number of morpholine rings is 1. The van der Waals surface area contributed by atoms with Gasteiger partial charge in [0.2, 0.25) is 0 Å². The van der Waals surface area contributed by atoms with Crippen molar-refractivity contribution in [1.82, 2.24) is 14.9 Å². The average molecular weight is 237 g/mol. The van der Waals surface area contributed by atoms with Crippen LogP contribution in [0.5, 0.6) is 0 Å². The van der Waals surface area contributed by atoms with Crippen molar-refractivity contribution in [2.24, 2.45) is 0 Å². The fourth-order valence-electron chi connectivity index (χ4n) is 1.72. The number of ether oxygens (including phenoxy) is 1. The van der Waals surface area contributed by atoms with Gasteiger partial charge in [0.1, 0.15) is 5.82 Å². The van der Waals surface area contributed by atoms with Crippen molar-refractivity contribution in [3.8, 4) is 0 Å². The first-order valence-electron chi connectivity index (χ1n) is 5.61. The molecule has 1 aromatic rings. The van der Waals surface area contributed by atoms with Gasteiger partial charge in [0, 0.05) is 32.3 Å². The topological polar surface area (TPSA) is 75.5 Å². The smallest absolute Gasteiger partial charge is 0.354 e. The molecule has 0 unspecified atom stereocenters. The van der Waals surface area contributed by atoms with E-state index in [0.29, 0.717) is 12.2 Å². The number of rotatable bonds is 4. The lowest BCUT2D eigenvalue weighted by Crippen LogP contribution is -2.37. The molecule has 2 rings (SSSR count). The minimum absolute atomic E-state index is 0.0528. The molecule has 1 saturated heterocycles. The summed E-state index contributed by atoms with van der Waals surface area (Å²) in [5.41, 5.74) is 0.0528. The maximum absolute atomic E-state index is 10.7. The first-order valence-corrected chi connectivity index (χ1v) is 5.61. The van der Waals surface area contributed by atoms with Crippen LogP contribution in [0.25, 0.3) is 0 Å². The lowest BCUT2D eigenvalue weighted by atomic mass is 10.3. The predicted octanol–water partition coefficient (Wildman–Crippen LogP) is 0.0495. The van der Waals surface area contributed by atoms with Gasteiger partial charge in [-0.15, -0.1) is 0 Å². The average Bonchev–Trinajstić information content (AvgIpc) is 2.38. The molecule has 1 aliphatic rings. The fraction of sp³-hybridized carbons (Fsp3) is 0.545. The zero-order valence-corrected chi connectivity index (χ0v) is 9.50. The molecule has 0 aromatic carbocycles. The second-order valence-corrected chi connectivity index (χ2v) is 3.87. The van der Waals surface area contributed by atoms with E-state index in [1.807, 2.05) is 0 Å². The number of carbonyl (C=O) groups is 1. The van der Waals surface area contributed by atoms with E-state index in [-0.39, 0.29) is 5.69 Å². The van der Waals surface area contributed by atoms with Crippen LogP contribution in [0, 0.1) is 0 Å². The summed E-state index contributed by atoms with van der Waals surface area (Å²) in [7, 11) is 0. The van der Waals surface area contributed by atoms with Crippen LogP contribution in [0.3, 0.4) is 0 Å². The van der Waals surface area contributed by atoms with Crippen LogP contribution in [-0.4, -0.2) is 58.8 Å². The summed E-state index contributed by atoms with van der Waals surface area (Å²) in [6.07, 6.45) is 2.16. The predicted molar refractivity (Wildman–Crippen MR) is 60.0 cm³/mol. The summed E-state index contributed by atoms with van der Waals surface area (Å²) in [5, 5.41) is 8.81. The number of carboxylic acid groups (broad SMARTS) is 1. The number of hydrogen-bond acceptors (Lipinski definition) is 5. The molecule has 1 N–H and O–H groups in total. The first-order chi connectivity index (χ1) is 8.25. The molecular formula is C11H15N3O3. The second kappa shape index (κ2) is 5.70. The Morgan fingerprint density at radius 2 is 2.24 bits per heavy atom. The Labute approximate surface area is 99.2 Å². The van der Waals surface area contributed by atoms with E-state index in [4.69, 9.17) is 9.84 Å². The molecule has 17 heavy (non-hydrogen) atoms. The second-order valence-electron chi connectivity index (χ2n) is 3.87. The SMILES string of the molecule is O=C(O)c1ccnc(CCN2CCOCC2)n1. The van der Waals surface area contributed by atoms with Gasteiger partial charge in [0.15, 0.2) is 5.69 Å². The number of hydrogen-bond donors (Lipinski definition) is 1. The zero-order valence-electron chi connectivity index (χ0n) is 9.50. The van der Waals surface area contributed by atoms with E-state index in [0.717, 1.165) is 32.8 Å². The Bertz CT molecular complexity index is 391. The summed E-state index contributed by atoms with van der Waals surface area (Å²) in [6, 6.07) is 1.40. The molecule has 6 nitrogen and oxygen atoms in total. The fourth-order valence-corrected chi connectivity index (χ4v) is 1.72. The zero-order chi connectivity index (χ0) is 12.1. The minimum Gasteiger partial charge on any atom is -0.477 e. The van der Waals surface area contributed by atoms with Crippen LogP contribution in [-0.2, 0) is 11.2 Å². The molecule has 0 atom stereocenters. The third kappa shape index (κ3) is 3.47. The van der Waals surface area contributed by atoms with Crippen molar-refractivity contribution in [3.05, 3.63) is 23.8 Å². The standard InChI is InChI=1S/C11H15N3O3/c15-11(16)9-1-3-12-10(13-9)2-4-14-5-7-17-8-6-14/h1,3H,2,4-8H2,(H,15,16). The molecule has 0 bridgehead atoms. The highest BCUT2D eigenvalue weighted by Crippen LogP contribution is 2.01. The molecule has 0 radical (unpaired) electrons. The van der Waals surface area contributed by atoms with E-state index >= 15 is 0 Å². The Hall–Kier alpha value is -1.53. The molecule has 0 spiro atoms. The molecule has 1 aliphatic heterocycles. The van der Waals surface area contributed by atoms with Crippen LogP contribution in [0.4, 0.5) is 0 Å². The van der Waals surface area contributed by atoms with Crippen molar-refractivity contribution in [1.29, 1.82) is 0 Å². The number of carboxylic acids is 1. The van der Waals surface area contributed by atoms with Gasteiger partial charge < -0.3 is 9.84 Å². The van der Waals surface area contributed by atoms with Gasteiger partial charge in [-0.1, -0.05) is 0 Å². The highest BCUT2D eigenvalue weighted by Gasteiger charge is 2.11. The van der Waals surface area contributed by atoms with Gasteiger partial charge in [-0.3, -0.25) is 4.90 Å². The highest BCUT2D eigenvalue weighted by atomic mass is 16.5. The van der Waals surface area contributed by atoms with Crippen LogP contribution >= 0.6 is 0 Å². The third-order valence-corrected chi connectivity index (χ3v) is 2.68. The van der Waals surface area contributed by atoms with E-state index in [9.17, 15) is 4.79 Å². The number of aromatic carboxylic acids is 1. The first kappa shape index (κ1) is 11.9. The van der Waals surface area contributed by atoms with E-state index in [1.54, 1.807) is 0 Å². The van der Waals surface area contributed by atoms with Crippen molar-refractivity contribution in [2.75, 3.05) is 32.8 Å². The molecular weight excluding hydrogens is 222 g/mol. The van der Waals surface area contributed by atoms with Gasteiger partial charge in [-0.05, 0) is 6.07 Å². The molecule has 0 saturated carbocycles. The summed E-state index contributed by atoms with van der Waals surface area (Å²) in [4.78, 5) is 21.1. The van der Waals surface area contributed by atoms with Crippen molar-refractivity contribution in [3.63, 3.8) is 0 Å². The van der Waals surface area contributed by atoms with Gasteiger partial charge in [0.25, 0.3) is 0 Å². The molecule has 92 valence electrons. The Morgan fingerprint density at radius 3 is 2.94 bits per heavy atom. The van der Waals surface area contributed by atoms with Crippen LogP contribution < -0.4 is 0 Å². The Kier molecular flexibility index (Phi) is 4.00. The molecule has 6 heteroatoms. The van der Waals surface area contributed by atoms with Crippen molar-refractivity contribution < 1.29 is 14.6 Å². The van der Waals surface area contributed by atoms with Gasteiger partial charge in [0.05, 0.1) is 13.2 Å². The number of aromatic nitrogens is 2. The van der Waals surface area contributed by atoms with Crippen molar-refractivity contribution in [2.45, 2.75) is 6.42 Å². The summed E-state index contributed by atoms with van der Waals surface area (Å²) in [6.45, 7) is 4.19. The summed E-state index contributed by atoms with van der Waals surface area (Å²) < 4.78 is 5.25. The maximum atomic E-state index is 10.7. The van der Waals surface area contributed by atoms with Gasteiger partial charge in [-0.2, -0.15) is 0 Å². The lowest BCUT2D eigenvalue weighted by Gasteiger charge is -2.26. The van der Waals surface area contributed by atoms with Crippen molar-refractivity contribution >= 4 is 5.97 Å². The lowest BCUT2D eigenvalue weighted by molar-refractivity contribution is 0.0382. The highest BCUT2D eigenvalue weighted by molar-refractivity contribution is 5.85. The monoisotopic (exact) mass is 237 g/mol. The van der Waals surface area contributed by atoms with Gasteiger partial charge in [-0.25, -0.2) is 14.8 Å².